The Morgan fingerprint density at radius 3 is 2.68 bits per heavy atom. The Morgan fingerprint density at radius 1 is 1.21 bits per heavy atom. The molecule has 0 aliphatic rings. The Bertz CT molecular complexity index is 590. The molecular weight excluding hydrogens is 310 g/mol. The van der Waals surface area contributed by atoms with Gasteiger partial charge >= 0.3 is 0 Å². The highest BCUT2D eigenvalue weighted by Gasteiger charge is 2.08. The highest BCUT2D eigenvalue weighted by molar-refractivity contribution is 9.10. The molecule has 0 atom stereocenters. The number of hydrogen-bond acceptors (Lipinski definition) is 5. The molecule has 0 spiro atoms. The van der Waals surface area contributed by atoms with Gasteiger partial charge in [-0.25, -0.2) is 4.98 Å². The predicted octanol–water partition coefficient (Wildman–Crippen LogP) is 3.31. The fraction of sp³-hybridized carbons (Fsp3) is 0.231. The quantitative estimate of drug-likeness (QED) is 0.935. The van der Waals surface area contributed by atoms with Crippen LogP contribution in [0.5, 0.6) is 11.6 Å². The van der Waals surface area contributed by atoms with Gasteiger partial charge in [0.25, 0.3) is 0 Å². The van der Waals surface area contributed by atoms with Crippen LogP contribution in [0, 0.1) is 6.92 Å². The molecule has 1 aromatic heterocycles. The second-order valence-corrected chi connectivity index (χ2v) is 4.73. The smallest absolute Gasteiger partial charge is 0.232 e. The molecule has 1 heterocycles. The number of hydrogen-bond donors (Lipinski definition) is 1. The summed E-state index contributed by atoms with van der Waals surface area (Å²) < 4.78 is 11.1. The fourth-order valence-electron chi connectivity index (χ4n) is 1.59. The molecule has 1 aromatic carbocycles. The van der Waals surface area contributed by atoms with Crippen LogP contribution in [0.3, 0.4) is 0 Å². The zero-order valence-corrected chi connectivity index (χ0v) is 12.5. The molecule has 19 heavy (non-hydrogen) atoms. The maximum Gasteiger partial charge on any atom is 0.232 e. The third-order valence-corrected chi connectivity index (χ3v) is 3.05. The van der Waals surface area contributed by atoms with E-state index >= 15 is 0 Å². The number of nitrogens with one attached hydrogen (secondary N) is 1. The summed E-state index contributed by atoms with van der Waals surface area (Å²) in [6.45, 7) is 2.01. The first-order valence-electron chi connectivity index (χ1n) is 5.62. The average molecular weight is 324 g/mol. The van der Waals surface area contributed by atoms with E-state index in [1.807, 2.05) is 25.1 Å². The van der Waals surface area contributed by atoms with Crippen LogP contribution >= 0.6 is 15.9 Å². The molecule has 0 aliphatic carbocycles. The van der Waals surface area contributed by atoms with Crippen molar-refractivity contribution in [1.29, 1.82) is 0 Å². The number of rotatable bonds is 4. The van der Waals surface area contributed by atoms with E-state index in [9.17, 15) is 0 Å². The highest BCUT2D eigenvalue weighted by Crippen LogP contribution is 2.29. The second kappa shape index (κ2) is 5.88. The van der Waals surface area contributed by atoms with Crippen LogP contribution in [0.25, 0.3) is 0 Å². The first-order valence-corrected chi connectivity index (χ1v) is 6.41. The number of aryl methyl sites for hydroxylation is 1. The first kappa shape index (κ1) is 13.6. The number of nitrogens with zero attached hydrogens (tertiary/aromatic N) is 2. The second-order valence-electron chi connectivity index (χ2n) is 3.88. The maximum absolute atomic E-state index is 5.29. The first-order chi connectivity index (χ1) is 9.13. The van der Waals surface area contributed by atoms with Crippen molar-refractivity contribution in [2.75, 3.05) is 19.5 Å². The number of anilines is 2. The molecule has 5 nitrogen and oxygen atoms in total. The van der Waals surface area contributed by atoms with Crippen LogP contribution in [0.1, 0.15) is 5.56 Å². The van der Waals surface area contributed by atoms with Gasteiger partial charge in [-0.05, 0) is 40.5 Å². The number of benzene rings is 1. The van der Waals surface area contributed by atoms with Crippen LogP contribution < -0.4 is 14.8 Å². The van der Waals surface area contributed by atoms with Gasteiger partial charge in [0.1, 0.15) is 5.75 Å². The number of ether oxygens (including phenoxy) is 2. The third-order valence-electron chi connectivity index (χ3n) is 2.51. The Hall–Kier alpha value is -1.82. The summed E-state index contributed by atoms with van der Waals surface area (Å²) in [6.07, 6.45) is 1.64. The Morgan fingerprint density at radius 2 is 2.00 bits per heavy atom. The molecule has 0 fully saturated rings. The lowest BCUT2D eigenvalue weighted by Gasteiger charge is -2.11. The average Bonchev–Trinajstić information content (AvgIpc) is 2.41. The van der Waals surface area contributed by atoms with E-state index in [0.29, 0.717) is 16.3 Å². The topological polar surface area (TPSA) is 56.3 Å². The van der Waals surface area contributed by atoms with Crippen LogP contribution in [-0.4, -0.2) is 24.2 Å². The summed E-state index contributed by atoms with van der Waals surface area (Å²) in [7, 11) is 3.18. The van der Waals surface area contributed by atoms with E-state index in [0.717, 1.165) is 17.0 Å². The van der Waals surface area contributed by atoms with Crippen LogP contribution in [0.2, 0.25) is 0 Å². The molecule has 1 N–H and O–H groups in total. The minimum Gasteiger partial charge on any atom is -0.495 e. The SMILES string of the molecule is COc1ccc(C)cc1Nc1ncc(Br)c(OC)n1. The summed E-state index contributed by atoms with van der Waals surface area (Å²) in [4.78, 5) is 8.43. The van der Waals surface area contributed by atoms with E-state index < -0.39 is 0 Å². The third kappa shape index (κ3) is 3.14. The summed E-state index contributed by atoms with van der Waals surface area (Å²) >= 11 is 3.31. The van der Waals surface area contributed by atoms with Crippen LogP contribution in [-0.2, 0) is 0 Å². The molecule has 0 amide bonds. The van der Waals surface area contributed by atoms with Crippen molar-refractivity contribution < 1.29 is 9.47 Å². The zero-order chi connectivity index (χ0) is 13.8. The van der Waals surface area contributed by atoms with E-state index in [4.69, 9.17) is 9.47 Å². The predicted molar refractivity (Wildman–Crippen MR) is 77.3 cm³/mol. The fourth-order valence-corrected chi connectivity index (χ4v) is 1.95. The summed E-state index contributed by atoms with van der Waals surface area (Å²) in [5, 5.41) is 3.12. The van der Waals surface area contributed by atoms with E-state index in [1.54, 1.807) is 20.4 Å². The Kier molecular flexibility index (Phi) is 4.21. The molecule has 0 unspecified atom stereocenters. The maximum atomic E-state index is 5.29. The molecule has 0 saturated heterocycles. The normalized spacial score (nSPS) is 10.1. The molecule has 100 valence electrons. The minimum atomic E-state index is 0.448. The van der Waals surface area contributed by atoms with Gasteiger partial charge in [0, 0.05) is 0 Å². The van der Waals surface area contributed by atoms with Gasteiger partial charge < -0.3 is 14.8 Å². The summed E-state index contributed by atoms with van der Waals surface area (Å²) in [5.74, 6) is 1.66. The molecule has 0 saturated carbocycles. The van der Waals surface area contributed by atoms with Crippen molar-refractivity contribution in [2.24, 2.45) is 0 Å². The van der Waals surface area contributed by atoms with Crippen LogP contribution in [0.4, 0.5) is 11.6 Å². The monoisotopic (exact) mass is 323 g/mol. The van der Waals surface area contributed by atoms with Gasteiger partial charge in [-0.15, -0.1) is 0 Å². The molecule has 0 bridgehead atoms. The molecular formula is C13H14BrN3O2. The van der Waals surface area contributed by atoms with Crippen molar-refractivity contribution in [2.45, 2.75) is 6.92 Å². The van der Waals surface area contributed by atoms with E-state index in [1.165, 1.54) is 0 Å². The molecule has 0 aliphatic heterocycles. The van der Waals surface area contributed by atoms with E-state index in [2.05, 4.69) is 31.2 Å². The number of halogens is 1. The van der Waals surface area contributed by atoms with Crippen molar-refractivity contribution in [3.63, 3.8) is 0 Å². The zero-order valence-electron chi connectivity index (χ0n) is 10.9. The summed E-state index contributed by atoms with van der Waals surface area (Å²) in [6, 6.07) is 5.84. The lowest BCUT2D eigenvalue weighted by atomic mass is 10.2. The van der Waals surface area contributed by atoms with Gasteiger partial charge in [-0.3, -0.25) is 0 Å². The van der Waals surface area contributed by atoms with Crippen molar-refractivity contribution in [3.8, 4) is 11.6 Å². The molecule has 0 radical (unpaired) electrons. The lowest BCUT2D eigenvalue weighted by molar-refractivity contribution is 0.394. The van der Waals surface area contributed by atoms with Gasteiger partial charge in [0.15, 0.2) is 0 Å². The highest BCUT2D eigenvalue weighted by atomic mass is 79.9. The van der Waals surface area contributed by atoms with Crippen LogP contribution in [0.15, 0.2) is 28.9 Å². The van der Waals surface area contributed by atoms with E-state index in [-0.39, 0.29) is 0 Å². The van der Waals surface area contributed by atoms with Gasteiger partial charge in [-0.2, -0.15) is 4.98 Å². The van der Waals surface area contributed by atoms with Gasteiger partial charge in [-0.1, -0.05) is 6.07 Å². The van der Waals surface area contributed by atoms with Crippen molar-refractivity contribution in [1.82, 2.24) is 9.97 Å². The largest absolute Gasteiger partial charge is 0.495 e. The number of methoxy groups -OCH3 is 2. The van der Waals surface area contributed by atoms with Gasteiger partial charge in [0.05, 0.1) is 30.6 Å². The van der Waals surface area contributed by atoms with Gasteiger partial charge in [0.2, 0.25) is 11.8 Å². The summed E-state index contributed by atoms with van der Waals surface area (Å²) in [5.41, 5.74) is 1.93. The van der Waals surface area contributed by atoms with Crippen molar-refractivity contribution >= 4 is 27.6 Å². The van der Waals surface area contributed by atoms with Crippen molar-refractivity contribution in [3.05, 3.63) is 34.4 Å². The minimum absolute atomic E-state index is 0.448. The molecule has 2 aromatic rings. The Balaban J connectivity index is 2.33. The molecule has 2 rings (SSSR count). The molecule has 6 heteroatoms. The standard InChI is InChI=1S/C13H14BrN3O2/c1-8-4-5-11(18-2)10(6-8)16-13-15-7-9(14)12(17-13)19-3/h4-7H,1-3H3,(H,15,16,17). The lowest BCUT2D eigenvalue weighted by Crippen LogP contribution is -2.01. The number of aromatic nitrogens is 2. The Labute approximate surface area is 120 Å².